The van der Waals surface area contributed by atoms with Crippen LogP contribution in [0.15, 0.2) is 0 Å². The summed E-state index contributed by atoms with van der Waals surface area (Å²) in [5, 5.41) is 3.08. The van der Waals surface area contributed by atoms with Crippen LogP contribution >= 0.6 is 0 Å². The molecule has 3 N–H and O–H groups in total. The van der Waals surface area contributed by atoms with Crippen LogP contribution in [0, 0.1) is 5.92 Å². The van der Waals surface area contributed by atoms with Crippen molar-refractivity contribution in [3.8, 4) is 0 Å². The van der Waals surface area contributed by atoms with Gasteiger partial charge in [-0.15, -0.1) is 0 Å². The Bertz CT molecular complexity index is 273. The molecule has 0 aromatic heterocycles. The smallest absolute Gasteiger partial charge is 0.222 e. The lowest BCUT2D eigenvalue weighted by Gasteiger charge is -2.33. The number of nitrogens with one attached hydrogen (secondary N) is 1. The van der Waals surface area contributed by atoms with Crippen molar-refractivity contribution in [3.05, 3.63) is 0 Å². The summed E-state index contributed by atoms with van der Waals surface area (Å²) in [6.07, 6.45) is 5.94. The SMILES string of the molecule is CCOCC(NC(=O)CC1(N)CCCCC1)C(C)C. The molecule has 1 unspecified atom stereocenters. The quantitative estimate of drug-likeness (QED) is 0.745. The third-order valence-electron chi connectivity index (χ3n) is 4.01. The van der Waals surface area contributed by atoms with E-state index in [0.717, 1.165) is 25.7 Å². The third kappa shape index (κ3) is 5.91. The number of hydrogen-bond acceptors (Lipinski definition) is 3. The molecule has 0 heterocycles. The summed E-state index contributed by atoms with van der Waals surface area (Å²) in [5.74, 6) is 0.443. The molecule has 4 nitrogen and oxygen atoms in total. The van der Waals surface area contributed by atoms with Crippen molar-refractivity contribution in [2.24, 2.45) is 11.7 Å². The summed E-state index contributed by atoms with van der Waals surface area (Å²) < 4.78 is 5.43. The van der Waals surface area contributed by atoms with Crippen molar-refractivity contribution in [1.82, 2.24) is 5.32 Å². The molecule has 1 aliphatic rings. The third-order valence-corrected chi connectivity index (χ3v) is 4.01. The standard InChI is InChI=1S/C15H30N2O2/c1-4-19-11-13(12(2)3)17-14(18)10-15(16)8-6-5-7-9-15/h12-13H,4-11,16H2,1-3H3,(H,17,18). The lowest BCUT2D eigenvalue weighted by atomic mass is 9.80. The van der Waals surface area contributed by atoms with Crippen LogP contribution in [0.3, 0.4) is 0 Å². The summed E-state index contributed by atoms with van der Waals surface area (Å²) in [5.41, 5.74) is 6.04. The first-order valence-corrected chi connectivity index (χ1v) is 7.63. The molecule has 0 bridgehead atoms. The van der Waals surface area contributed by atoms with E-state index in [2.05, 4.69) is 19.2 Å². The molecule has 112 valence electrons. The molecule has 0 radical (unpaired) electrons. The van der Waals surface area contributed by atoms with E-state index in [4.69, 9.17) is 10.5 Å². The minimum atomic E-state index is -0.282. The lowest BCUT2D eigenvalue weighted by Crippen LogP contribution is -2.49. The zero-order valence-electron chi connectivity index (χ0n) is 12.7. The number of carbonyl (C=O) groups is 1. The first kappa shape index (κ1) is 16.4. The Morgan fingerprint density at radius 3 is 2.47 bits per heavy atom. The number of ether oxygens (including phenoxy) is 1. The molecule has 1 amide bonds. The number of carbonyl (C=O) groups excluding carboxylic acids is 1. The van der Waals surface area contributed by atoms with Gasteiger partial charge >= 0.3 is 0 Å². The van der Waals surface area contributed by atoms with Crippen LogP contribution in [0.25, 0.3) is 0 Å². The van der Waals surface area contributed by atoms with Gasteiger partial charge in [0.25, 0.3) is 0 Å². The molecular weight excluding hydrogens is 240 g/mol. The van der Waals surface area contributed by atoms with Gasteiger partial charge in [0.15, 0.2) is 0 Å². The Kier molecular flexibility index (Phi) is 6.80. The highest BCUT2D eigenvalue weighted by molar-refractivity contribution is 5.77. The maximum atomic E-state index is 12.1. The number of rotatable bonds is 7. The van der Waals surface area contributed by atoms with E-state index in [1.165, 1.54) is 6.42 Å². The largest absolute Gasteiger partial charge is 0.380 e. The van der Waals surface area contributed by atoms with Crippen molar-refractivity contribution in [2.75, 3.05) is 13.2 Å². The summed E-state index contributed by atoms with van der Waals surface area (Å²) >= 11 is 0. The Hall–Kier alpha value is -0.610. The van der Waals surface area contributed by atoms with Crippen molar-refractivity contribution in [1.29, 1.82) is 0 Å². The van der Waals surface area contributed by atoms with Gasteiger partial charge in [0.05, 0.1) is 12.6 Å². The molecule has 0 spiro atoms. The fourth-order valence-electron chi connectivity index (χ4n) is 2.66. The normalized spacial score (nSPS) is 20.3. The molecule has 1 aliphatic carbocycles. The Balaban J connectivity index is 2.42. The topological polar surface area (TPSA) is 64.3 Å². The van der Waals surface area contributed by atoms with E-state index in [1.54, 1.807) is 0 Å². The van der Waals surface area contributed by atoms with Crippen molar-refractivity contribution >= 4 is 5.91 Å². The van der Waals surface area contributed by atoms with Crippen LogP contribution in [0.1, 0.15) is 59.3 Å². The van der Waals surface area contributed by atoms with Gasteiger partial charge in [-0.25, -0.2) is 0 Å². The fraction of sp³-hybridized carbons (Fsp3) is 0.933. The highest BCUT2D eigenvalue weighted by atomic mass is 16.5. The highest BCUT2D eigenvalue weighted by Crippen LogP contribution is 2.28. The first-order valence-electron chi connectivity index (χ1n) is 7.63. The van der Waals surface area contributed by atoms with Gasteiger partial charge in [0.1, 0.15) is 0 Å². The number of nitrogens with two attached hydrogens (primary N) is 1. The summed E-state index contributed by atoms with van der Waals surface area (Å²) in [7, 11) is 0. The molecule has 19 heavy (non-hydrogen) atoms. The van der Waals surface area contributed by atoms with Gasteiger partial charge in [0.2, 0.25) is 5.91 Å². The molecule has 1 atom stereocenters. The van der Waals surface area contributed by atoms with Gasteiger partial charge in [0, 0.05) is 18.6 Å². The maximum absolute atomic E-state index is 12.1. The van der Waals surface area contributed by atoms with E-state index in [0.29, 0.717) is 25.6 Å². The Labute approximate surface area is 117 Å². The molecule has 0 aliphatic heterocycles. The second-order valence-corrected chi connectivity index (χ2v) is 6.18. The molecule has 1 fully saturated rings. The second kappa shape index (κ2) is 7.85. The highest BCUT2D eigenvalue weighted by Gasteiger charge is 2.30. The molecule has 0 aromatic carbocycles. The van der Waals surface area contributed by atoms with Crippen molar-refractivity contribution < 1.29 is 9.53 Å². The lowest BCUT2D eigenvalue weighted by molar-refractivity contribution is -0.124. The van der Waals surface area contributed by atoms with Gasteiger partial charge in [-0.2, -0.15) is 0 Å². The maximum Gasteiger partial charge on any atom is 0.222 e. The van der Waals surface area contributed by atoms with Crippen LogP contribution in [0.5, 0.6) is 0 Å². The van der Waals surface area contributed by atoms with E-state index in [9.17, 15) is 4.79 Å². The van der Waals surface area contributed by atoms with E-state index in [1.807, 2.05) is 6.92 Å². The van der Waals surface area contributed by atoms with Gasteiger partial charge in [-0.1, -0.05) is 33.1 Å². The average molecular weight is 270 g/mol. The second-order valence-electron chi connectivity index (χ2n) is 6.18. The van der Waals surface area contributed by atoms with E-state index in [-0.39, 0.29) is 17.5 Å². The van der Waals surface area contributed by atoms with Crippen LogP contribution < -0.4 is 11.1 Å². The first-order chi connectivity index (χ1) is 8.97. The van der Waals surface area contributed by atoms with Crippen molar-refractivity contribution in [2.45, 2.75) is 70.9 Å². The molecule has 1 rings (SSSR count). The van der Waals surface area contributed by atoms with Crippen LogP contribution in [0.2, 0.25) is 0 Å². The van der Waals surface area contributed by atoms with Crippen LogP contribution in [0.4, 0.5) is 0 Å². The number of amides is 1. The predicted molar refractivity (Wildman–Crippen MR) is 77.9 cm³/mol. The number of hydrogen-bond donors (Lipinski definition) is 2. The van der Waals surface area contributed by atoms with Crippen molar-refractivity contribution in [3.63, 3.8) is 0 Å². The van der Waals surface area contributed by atoms with E-state index < -0.39 is 0 Å². The average Bonchev–Trinajstić information content (AvgIpc) is 2.34. The van der Waals surface area contributed by atoms with Gasteiger partial charge in [-0.05, 0) is 25.7 Å². The Morgan fingerprint density at radius 1 is 1.32 bits per heavy atom. The predicted octanol–water partition coefficient (Wildman–Crippen LogP) is 2.22. The van der Waals surface area contributed by atoms with Crippen LogP contribution in [-0.4, -0.2) is 30.7 Å². The summed E-state index contributed by atoms with van der Waals surface area (Å²) in [6, 6.07) is 0.0830. The summed E-state index contributed by atoms with van der Waals surface area (Å²) in [4.78, 5) is 12.1. The molecule has 1 saturated carbocycles. The van der Waals surface area contributed by atoms with E-state index >= 15 is 0 Å². The fourth-order valence-corrected chi connectivity index (χ4v) is 2.66. The summed E-state index contributed by atoms with van der Waals surface area (Å²) in [6.45, 7) is 7.43. The molecular formula is C15H30N2O2. The van der Waals surface area contributed by atoms with Crippen LogP contribution in [-0.2, 0) is 9.53 Å². The minimum Gasteiger partial charge on any atom is -0.380 e. The Morgan fingerprint density at radius 2 is 1.95 bits per heavy atom. The zero-order valence-corrected chi connectivity index (χ0v) is 12.7. The minimum absolute atomic E-state index is 0.0720. The molecule has 0 saturated heterocycles. The molecule has 0 aromatic rings. The zero-order chi connectivity index (χ0) is 14.3. The monoisotopic (exact) mass is 270 g/mol. The molecule has 4 heteroatoms. The van der Waals surface area contributed by atoms with Gasteiger partial charge in [-0.3, -0.25) is 4.79 Å². The van der Waals surface area contributed by atoms with Gasteiger partial charge < -0.3 is 15.8 Å².